The molecule has 0 unspecified atom stereocenters. The SMILES string of the molecule is Nc1sc2c(c1C(=O)NCCS(=O)(=O)O)CCN(Cc1ccccc1)C2. The molecular weight excluding hydrogens is 374 g/mol. The summed E-state index contributed by atoms with van der Waals surface area (Å²) in [4.78, 5) is 15.8. The third kappa shape index (κ3) is 4.61. The van der Waals surface area contributed by atoms with Crippen LogP contribution in [0.15, 0.2) is 30.3 Å². The van der Waals surface area contributed by atoms with E-state index in [2.05, 4.69) is 22.3 Å². The molecule has 0 spiro atoms. The van der Waals surface area contributed by atoms with Gasteiger partial charge in [-0.2, -0.15) is 8.42 Å². The number of benzene rings is 1. The molecule has 9 heteroatoms. The van der Waals surface area contributed by atoms with E-state index in [4.69, 9.17) is 10.3 Å². The van der Waals surface area contributed by atoms with Crippen LogP contribution in [-0.2, 0) is 29.6 Å². The van der Waals surface area contributed by atoms with Gasteiger partial charge in [-0.3, -0.25) is 14.2 Å². The average Bonchev–Trinajstić information content (AvgIpc) is 2.89. The van der Waals surface area contributed by atoms with Gasteiger partial charge < -0.3 is 11.1 Å². The lowest BCUT2D eigenvalue weighted by atomic mass is 10.0. The minimum Gasteiger partial charge on any atom is -0.390 e. The molecule has 1 aliphatic rings. The van der Waals surface area contributed by atoms with Crippen molar-refractivity contribution < 1.29 is 17.8 Å². The lowest BCUT2D eigenvalue weighted by Gasteiger charge is -2.27. The van der Waals surface area contributed by atoms with Crippen molar-refractivity contribution in [3.63, 3.8) is 0 Å². The van der Waals surface area contributed by atoms with Crippen LogP contribution in [0.4, 0.5) is 5.00 Å². The van der Waals surface area contributed by atoms with Crippen molar-refractivity contribution >= 4 is 32.4 Å². The highest BCUT2D eigenvalue weighted by atomic mass is 32.2. The number of nitrogens with one attached hydrogen (secondary N) is 1. The average molecular weight is 396 g/mol. The molecule has 4 N–H and O–H groups in total. The van der Waals surface area contributed by atoms with E-state index in [-0.39, 0.29) is 12.5 Å². The van der Waals surface area contributed by atoms with Gasteiger partial charge in [0.1, 0.15) is 0 Å². The highest BCUT2D eigenvalue weighted by Gasteiger charge is 2.27. The Morgan fingerprint density at radius 3 is 2.73 bits per heavy atom. The third-order valence-corrected chi connectivity index (χ3v) is 6.05. The predicted molar refractivity (Wildman–Crippen MR) is 102 cm³/mol. The van der Waals surface area contributed by atoms with E-state index in [0.29, 0.717) is 10.6 Å². The summed E-state index contributed by atoms with van der Waals surface area (Å²) in [6.07, 6.45) is 0.719. The van der Waals surface area contributed by atoms with Gasteiger partial charge in [0.25, 0.3) is 16.0 Å². The number of rotatable bonds is 6. The maximum Gasteiger partial charge on any atom is 0.266 e. The summed E-state index contributed by atoms with van der Waals surface area (Å²) in [6, 6.07) is 10.2. The van der Waals surface area contributed by atoms with Crippen LogP contribution in [0.5, 0.6) is 0 Å². The molecule has 26 heavy (non-hydrogen) atoms. The van der Waals surface area contributed by atoms with Gasteiger partial charge in [-0.15, -0.1) is 11.3 Å². The Balaban J connectivity index is 1.68. The smallest absolute Gasteiger partial charge is 0.266 e. The van der Waals surface area contributed by atoms with Gasteiger partial charge in [-0.25, -0.2) is 0 Å². The number of nitrogen functional groups attached to an aromatic ring is 1. The number of thiophene rings is 1. The zero-order valence-corrected chi connectivity index (χ0v) is 15.8. The standard InChI is InChI=1S/C17H21N3O4S2/c18-16-15(17(21)19-7-9-26(22,23)24)13-6-8-20(11-14(13)25-16)10-12-4-2-1-3-5-12/h1-5H,6-11,18H2,(H,19,21)(H,22,23,24). The Bertz CT molecular complexity index is 894. The maximum absolute atomic E-state index is 12.4. The number of nitrogens with zero attached hydrogens (tertiary/aromatic N) is 1. The quantitative estimate of drug-likeness (QED) is 0.639. The molecule has 0 atom stereocenters. The summed E-state index contributed by atoms with van der Waals surface area (Å²) in [5.41, 5.74) is 8.68. The first-order valence-electron chi connectivity index (χ1n) is 8.23. The lowest BCUT2D eigenvalue weighted by molar-refractivity contribution is 0.0955. The van der Waals surface area contributed by atoms with Crippen molar-refractivity contribution in [2.45, 2.75) is 19.5 Å². The van der Waals surface area contributed by atoms with Gasteiger partial charge in [0, 0.05) is 31.1 Å². The van der Waals surface area contributed by atoms with E-state index in [9.17, 15) is 13.2 Å². The van der Waals surface area contributed by atoms with Crippen molar-refractivity contribution in [1.29, 1.82) is 0 Å². The molecule has 3 rings (SSSR count). The molecule has 2 heterocycles. The summed E-state index contributed by atoms with van der Waals surface area (Å²) in [6.45, 7) is 2.25. The van der Waals surface area contributed by atoms with Crippen LogP contribution in [0, 0.1) is 0 Å². The summed E-state index contributed by atoms with van der Waals surface area (Å²) < 4.78 is 30.3. The number of carbonyl (C=O) groups is 1. The monoisotopic (exact) mass is 395 g/mol. The molecule has 1 amide bonds. The number of hydrogen-bond donors (Lipinski definition) is 3. The van der Waals surface area contributed by atoms with E-state index in [0.717, 1.165) is 36.5 Å². The Kier molecular flexibility index (Phi) is 5.61. The third-order valence-electron chi connectivity index (χ3n) is 4.28. The molecule has 1 aromatic carbocycles. The van der Waals surface area contributed by atoms with Gasteiger partial charge in [0.2, 0.25) is 0 Å². The first-order chi connectivity index (χ1) is 12.3. The van der Waals surface area contributed by atoms with Crippen molar-refractivity contribution in [1.82, 2.24) is 10.2 Å². The molecule has 2 aromatic rings. The van der Waals surface area contributed by atoms with Gasteiger partial charge in [-0.1, -0.05) is 30.3 Å². The van der Waals surface area contributed by atoms with E-state index in [1.165, 1.54) is 16.9 Å². The van der Waals surface area contributed by atoms with Gasteiger partial charge in [0.05, 0.1) is 16.3 Å². The predicted octanol–water partition coefficient (Wildman–Crippen LogP) is 1.51. The van der Waals surface area contributed by atoms with Gasteiger partial charge >= 0.3 is 0 Å². The Morgan fingerprint density at radius 2 is 2.04 bits per heavy atom. The van der Waals surface area contributed by atoms with Gasteiger partial charge in [0.15, 0.2) is 0 Å². The fourth-order valence-electron chi connectivity index (χ4n) is 3.09. The van der Waals surface area contributed by atoms with Gasteiger partial charge in [-0.05, 0) is 17.5 Å². The first kappa shape index (κ1) is 18.8. The van der Waals surface area contributed by atoms with Crippen LogP contribution in [0.2, 0.25) is 0 Å². The number of carbonyl (C=O) groups excluding carboxylic acids is 1. The molecule has 7 nitrogen and oxygen atoms in total. The summed E-state index contributed by atoms with van der Waals surface area (Å²) in [5, 5.41) is 2.96. The number of amides is 1. The van der Waals surface area contributed by atoms with Crippen molar-refractivity contribution in [3.05, 3.63) is 51.9 Å². The van der Waals surface area contributed by atoms with Crippen molar-refractivity contribution in [2.75, 3.05) is 24.6 Å². The number of fused-ring (bicyclic) bond motifs is 1. The minimum atomic E-state index is -4.10. The second-order valence-electron chi connectivity index (χ2n) is 6.23. The van der Waals surface area contributed by atoms with Crippen LogP contribution in [-0.4, -0.2) is 42.6 Å². The molecule has 0 fully saturated rings. The largest absolute Gasteiger partial charge is 0.390 e. The van der Waals surface area contributed by atoms with E-state index >= 15 is 0 Å². The molecule has 1 aliphatic heterocycles. The highest BCUT2D eigenvalue weighted by molar-refractivity contribution is 7.85. The molecular formula is C17H21N3O4S2. The van der Waals surface area contributed by atoms with Crippen LogP contribution >= 0.6 is 11.3 Å². The normalized spacial score (nSPS) is 14.8. The Labute approximate surface area is 156 Å². The van der Waals surface area contributed by atoms with Crippen molar-refractivity contribution in [2.24, 2.45) is 0 Å². The second kappa shape index (κ2) is 7.75. The van der Waals surface area contributed by atoms with Crippen LogP contribution in [0.1, 0.15) is 26.4 Å². The fourth-order valence-corrected chi connectivity index (χ4v) is 4.60. The lowest BCUT2D eigenvalue weighted by Crippen LogP contribution is -2.32. The molecule has 0 saturated heterocycles. The van der Waals surface area contributed by atoms with E-state index < -0.39 is 15.9 Å². The molecule has 140 valence electrons. The molecule has 0 saturated carbocycles. The minimum absolute atomic E-state index is 0.151. The van der Waals surface area contributed by atoms with E-state index in [1.807, 2.05) is 18.2 Å². The van der Waals surface area contributed by atoms with E-state index in [1.54, 1.807) is 0 Å². The number of anilines is 1. The zero-order valence-electron chi connectivity index (χ0n) is 14.1. The highest BCUT2D eigenvalue weighted by Crippen LogP contribution is 2.35. The Hall–Kier alpha value is -1.94. The number of hydrogen-bond acceptors (Lipinski definition) is 6. The van der Waals surface area contributed by atoms with Crippen molar-refractivity contribution in [3.8, 4) is 0 Å². The summed E-state index contributed by atoms with van der Waals surface area (Å²) in [5.74, 6) is -0.907. The molecule has 0 bridgehead atoms. The summed E-state index contributed by atoms with van der Waals surface area (Å²) >= 11 is 1.41. The summed E-state index contributed by atoms with van der Waals surface area (Å²) in [7, 11) is -4.10. The molecule has 1 aromatic heterocycles. The first-order valence-corrected chi connectivity index (χ1v) is 10.7. The maximum atomic E-state index is 12.4. The molecule has 0 aliphatic carbocycles. The fraction of sp³-hybridized carbons (Fsp3) is 0.353. The van der Waals surface area contributed by atoms with Crippen LogP contribution in [0.3, 0.4) is 0 Å². The molecule has 0 radical (unpaired) electrons. The van der Waals surface area contributed by atoms with Crippen LogP contribution < -0.4 is 11.1 Å². The van der Waals surface area contributed by atoms with Crippen LogP contribution in [0.25, 0.3) is 0 Å². The topological polar surface area (TPSA) is 113 Å². The zero-order chi connectivity index (χ0) is 18.7. The Morgan fingerprint density at radius 1 is 1.31 bits per heavy atom. The second-order valence-corrected chi connectivity index (χ2v) is 8.94. The number of nitrogens with two attached hydrogens (primary N) is 1.